The van der Waals surface area contributed by atoms with E-state index in [1.54, 1.807) is 4.80 Å². The number of nitrogens with one attached hydrogen (secondary N) is 1. The third-order valence-electron chi connectivity index (χ3n) is 3.99. The van der Waals surface area contributed by atoms with Gasteiger partial charge in [0.1, 0.15) is 6.04 Å². The molecule has 3 rings (SSSR count). The second-order valence-corrected chi connectivity index (χ2v) is 5.90. The van der Waals surface area contributed by atoms with Crippen molar-refractivity contribution in [2.24, 2.45) is 5.92 Å². The Morgan fingerprint density at radius 3 is 2.31 bits per heavy atom. The summed E-state index contributed by atoms with van der Waals surface area (Å²) in [4.78, 5) is 10.7. The van der Waals surface area contributed by atoms with Crippen molar-refractivity contribution in [3.63, 3.8) is 0 Å². The monoisotopic (exact) mass is 371 g/mol. The van der Waals surface area contributed by atoms with E-state index in [0.717, 1.165) is 31.8 Å². The SMILES string of the molecule is Cc1nnn([C@@H](c2ccccc2)C2CCNCC2)n1.O=C(O)C(F)(F)F. The van der Waals surface area contributed by atoms with Gasteiger partial charge in [-0.1, -0.05) is 30.3 Å². The fraction of sp³-hybridized carbons (Fsp3) is 0.500. The molecule has 2 N–H and O–H groups in total. The van der Waals surface area contributed by atoms with E-state index in [4.69, 9.17) is 9.90 Å². The highest BCUT2D eigenvalue weighted by atomic mass is 19.4. The lowest BCUT2D eigenvalue weighted by Crippen LogP contribution is -2.34. The largest absolute Gasteiger partial charge is 0.490 e. The number of benzene rings is 1. The number of tetrazole rings is 1. The van der Waals surface area contributed by atoms with Crippen LogP contribution in [0.4, 0.5) is 13.2 Å². The van der Waals surface area contributed by atoms with Gasteiger partial charge in [-0.05, 0) is 49.5 Å². The summed E-state index contributed by atoms with van der Waals surface area (Å²) in [5, 5.41) is 23.2. The number of halogens is 3. The zero-order valence-electron chi connectivity index (χ0n) is 14.1. The number of piperidine rings is 1. The van der Waals surface area contributed by atoms with Gasteiger partial charge in [0.2, 0.25) is 0 Å². The minimum atomic E-state index is -5.08. The highest BCUT2D eigenvalue weighted by Gasteiger charge is 2.38. The summed E-state index contributed by atoms with van der Waals surface area (Å²) in [5.74, 6) is -1.46. The smallest absolute Gasteiger partial charge is 0.475 e. The molecule has 1 atom stereocenters. The Morgan fingerprint density at radius 1 is 1.27 bits per heavy atom. The predicted octanol–water partition coefficient (Wildman–Crippen LogP) is 2.20. The first kappa shape index (κ1) is 19.8. The van der Waals surface area contributed by atoms with E-state index >= 15 is 0 Å². The molecule has 1 aliphatic heterocycles. The second-order valence-electron chi connectivity index (χ2n) is 5.90. The van der Waals surface area contributed by atoms with Gasteiger partial charge < -0.3 is 10.4 Å². The van der Waals surface area contributed by atoms with Crippen molar-refractivity contribution >= 4 is 5.97 Å². The zero-order valence-corrected chi connectivity index (χ0v) is 14.1. The van der Waals surface area contributed by atoms with Gasteiger partial charge in [0.05, 0.1) is 0 Å². The molecule has 2 aromatic rings. The van der Waals surface area contributed by atoms with Gasteiger partial charge in [-0.3, -0.25) is 0 Å². The van der Waals surface area contributed by atoms with Gasteiger partial charge >= 0.3 is 12.1 Å². The van der Waals surface area contributed by atoms with Crippen LogP contribution >= 0.6 is 0 Å². The predicted molar refractivity (Wildman–Crippen MR) is 86.4 cm³/mol. The van der Waals surface area contributed by atoms with E-state index in [-0.39, 0.29) is 6.04 Å². The summed E-state index contributed by atoms with van der Waals surface area (Å²) in [6, 6.07) is 10.7. The molecule has 1 aromatic heterocycles. The molecule has 26 heavy (non-hydrogen) atoms. The fourth-order valence-corrected chi connectivity index (χ4v) is 2.82. The number of carboxylic acid groups (broad SMARTS) is 1. The molecule has 0 aliphatic carbocycles. The maximum Gasteiger partial charge on any atom is 0.490 e. The Hall–Kier alpha value is -2.49. The molecule has 7 nitrogen and oxygen atoms in total. The maximum absolute atomic E-state index is 10.6. The van der Waals surface area contributed by atoms with Crippen LogP contribution in [0.15, 0.2) is 30.3 Å². The number of hydrogen-bond donors (Lipinski definition) is 2. The molecule has 1 aliphatic rings. The summed E-state index contributed by atoms with van der Waals surface area (Å²) in [5.41, 5.74) is 1.27. The minimum absolute atomic E-state index is 0.199. The van der Waals surface area contributed by atoms with Crippen molar-refractivity contribution in [2.45, 2.75) is 32.0 Å². The van der Waals surface area contributed by atoms with Crippen LogP contribution in [0.1, 0.15) is 30.3 Å². The molecule has 1 fully saturated rings. The van der Waals surface area contributed by atoms with Crippen LogP contribution in [-0.4, -0.2) is 50.5 Å². The molecular weight excluding hydrogens is 351 g/mol. The van der Waals surface area contributed by atoms with Crippen LogP contribution in [0, 0.1) is 12.8 Å². The number of aryl methyl sites for hydroxylation is 1. The van der Waals surface area contributed by atoms with Crippen molar-refractivity contribution < 1.29 is 23.1 Å². The van der Waals surface area contributed by atoms with Crippen LogP contribution in [0.25, 0.3) is 0 Å². The molecule has 0 bridgehead atoms. The standard InChI is InChI=1S/C14H19N5.C2HF3O2/c1-11-16-18-19(17-11)14(12-5-3-2-4-6-12)13-7-9-15-10-8-13;3-2(4,5)1(6)7/h2-6,13-15H,7-10H2,1H3;(H,6,7)/t14-;/m0./s1. The van der Waals surface area contributed by atoms with E-state index in [9.17, 15) is 13.2 Å². The van der Waals surface area contributed by atoms with Crippen molar-refractivity contribution in [3.8, 4) is 0 Å². The topological polar surface area (TPSA) is 92.9 Å². The highest BCUT2D eigenvalue weighted by Crippen LogP contribution is 2.31. The molecule has 2 heterocycles. The van der Waals surface area contributed by atoms with Crippen molar-refractivity contribution in [1.82, 2.24) is 25.5 Å². The van der Waals surface area contributed by atoms with Gasteiger partial charge in [-0.15, -0.1) is 10.2 Å². The summed E-state index contributed by atoms with van der Waals surface area (Å²) < 4.78 is 31.7. The Bertz CT molecular complexity index is 699. The first-order valence-corrected chi connectivity index (χ1v) is 8.11. The van der Waals surface area contributed by atoms with Gasteiger partial charge in [0.15, 0.2) is 5.82 Å². The summed E-state index contributed by atoms with van der Waals surface area (Å²) >= 11 is 0. The second kappa shape index (κ2) is 8.75. The minimum Gasteiger partial charge on any atom is -0.475 e. The molecule has 0 spiro atoms. The van der Waals surface area contributed by atoms with Crippen molar-refractivity contribution in [2.75, 3.05) is 13.1 Å². The summed E-state index contributed by atoms with van der Waals surface area (Å²) in [6.07, 6.45) is -2.78. The lowest BCUT2D eigenvalue weighted by atomic mass is 9.86. The van der Waals surface area contributed by atoms with Crippen LogP contribution in [0.2, 0.25) is 0 Å². The van der Waals surface area contributed by atoms with Crippen LogP contribution in [0.3, 0.4) is 0 Å². The third kappa shape index (κ3) is 5.51. The summed E-state index contributed by atoms with van der Waals surface area (Å²) in [6.45, 7) is 4.03. The van der Waals surface area contributed by atoms with Crippen LogP contribution < -0.4 is 5.32 Å². The number of rotatable bonds is 3. The molecule has 0 radical (unpaired) electrons. The van der Waals surface area contributed by atoms with E-state index < -0.39 is 12.1 Å². The lowest BCUT2D eigenvalue weighted by molar-refractivity contribution is -0.192. The van der Waals surface area contributed by atoms with Crippen molar-refractivity contribution in [1.29, 1.82) is 0 Å². The molecule has 0 unspecified atom stereocenters. The number of carboxylic acids is 1. The third-order valence-corrected chi connectivity index (χ3v) is 3.99. The number of aliphatic carboxylic acids is 1. The Morgan fingerprint density at radius 2 is 1.85 bits per heavy atom. The molecule has 1 aromatic carbocycles. The van der Waals surface area contributed by atoms with Gasteiger partial charge in [0, 0.05) is 0 Å². The number of aromatic nitrogens is 4. The quantitative estimate of drug-likeness (QED) is 0.859. The Balaban J connectivity index is 0.000000298. The van der Waals surface area contributed by atoms with Gasteiger partial charge in [-0.25, -0.2) is 4.79 Å². The molecule has 10 heteroatoms. The lowest BCUT2D eigenvalue weighted by Gasteiger charge is -2.30. The molecular formula is C16H20F3N5O2. The van der Waals surface area contributed by atoms with Gasteiger partial charge in [0.25, 0.3) is 0 Å². The van der Waals surface area contributed by atoms with E-state index in [1.807, 2.05) is 13.0 Å². The number of nitrogens with zero attached hydrogens (tertiary/aromatic N) is 4. The molecule has 0 amide bonds. The maximum atomic E-state index is 10.6. The fourth-order valence-electron chi connectivity index (χ4n) is 2.82. The van der Waals surface area contributed by atoms with Crippen molar-refractivity contribution in [3.05, 3.63) is 41.7 Å². The Kier molecular flexibility index (Phi) is 6.67. The van der Waals surface area contributed by atoms with E-state index in [2.05, 4.69) is 45.0 Å². The van der Waals surface area contributed by atoms with E-state index in [1.165, 1.54) is 5.56 Å². The number of alkyl halides is 3. The first-order valence-electron chi connectivity index (χ1n) is 8.11. The molecule has 1 saturated heterocycles. The Labute approximate surface area is 148 Å². The normalized spacial score (nSPS) is 16.5. The first-order chi connectivity index (χ1) is 12.3. The van der Waals surface area contributed by atoms with Crippen LogP contribution in [-0.2, 0) is 4.79 Å². The summed E-state index contributed by atoms with van der Waals surface area (Å²) in [7, 11) is 0. The highest BCUT2D eigenvalue weighted by molar-refractivity contribution is 5.73. The number of carbonyl (C=O) groups is 1. The zero-order chi connectivity index (χ0) is 19.2. The van der Waals surface area contributed by atoms with Gasteiger partial charge in [-0.2, -0.15) is 18.0 Å². The number of hydrogen-bond acceptors (Lipinski definition) is 5. The average molecular weight is 371 g/mol. The molecule has 0 saturated carbocycles. The van der Waals surface area contributed by atoms with E-state index in [0.29, 0.717) is 5.92 Å². The average Bonchev–Trinajstić information content (AvgIpc) is 3.03. The molecule has 142 valence electrons. The van der Waals surface area contributed by atoms with Crippen LogP contribution in [0.5, 0.6) is 0 Å².